The highest BCUT2D eigenvalue weighted by atomic mass is 15.3. The molecule has 0 amide bonds. The van der Waals surface area contributed by atoms with Gasteiger partial charge in [-0.2, -0.15) is 0 Å². The first-order chi connectivity index (χ1) is 12.4. The van der Waals surface area contributed by atoms with Gasteiger partial charge in [0.05, 0.1) is 0 Å². The summed E-state index contributed by atoms with van der Waals surface area (Å²) < 4.78 is 34.3. The molecule has 5 unspecified atom stereocenters. The Balaban J connectivity index is 1.53. The Hall–Kier alpha value is -1.63. The van der Waals surface area contributed by atoms with Crippen molar-refractivity contribution in [1.82, 2.24) is 0 Å². The average molecular weight is 306 g/mol. The molecule has 3 saturated carbocycles. The summed E-state index contributed by atoms with van der Waals surface area (Å²) >= 11 is 0. The van der Waals surface area contributed by atoms with Crippen LogP contribution in [0.4, 0.5) is 0 Å². The van der Waals surface area contributed by atoms with Crippen LogP contribution < -0.4 is 4.57 Å². The number of nitrogens with zero attached hydrogens (tertiary/aromatic N) is 1. The number of rotatable bonds is 1. The Morgan fingerprint density at radius 3 is 2.70 bits per heavy atom. The number of pyridine rings is 1. The predicted molar refractivity (Wildman–Crippen MR) is 91.3 cm³/mol. The maximum atomic E-state index is 9.27. The van der Waals surface area contributed by atoms with Crippen LogP contribution in [-0.2, 0) is 12.5 Å². The maximum absolute atomic E-state index is 9.27. The molecule has 1 nitrogen and oxygen atoms in total. The fourth-order valence-corrected chi connectivity index (χ4v) is 7.38. The lowest BCUT2D eigenvalue weighted by Crippen LogP contribution is -2.37. The minimum Gasteiger partial charge on any atom is -0.201 e. The van der Waals surface area contributed by atoms with Crippen LogP contribution in [0.3, 0.4) is 0 Å². The first-order valence-electron chi connectivity index (χ1n) is 10.5. The normalized spacial score (nSPS) is 52.4. The Kier molecular flexibility index (Phi) is 1.21. The molecule has 1 heterocycles. The lowest BCUT2D eigenvalue weighted by Gasteiger charge is -2.32. The number of hydrogen-bond acceptors (Lipinski definition) is 0. The van der Waals surface area contributed by atoms with Gasteiger partial charge in [0.2, 0.25) is 5.69 Å². The van der Waals surface area contributed by atoms with Crippen LogP contribution in [0.2, 0.25) is 0 Å². The number of benzene rings is 1. The molecule has 0 N–H and O–H groups in total. The lowest BCUT2D eigenvalue weighted by atomic mass is 9.71. The molecule has 23 heavy (non-hydrogen) atoms. The number of aromatic nitrogens is 1. The zero-order chi connectivity index (χ0) is 19.6. The molecule has 1 spiro atoms. The third-order valence-corrected chi connectivity index (χ3v) is 8.52. The lowest BCUT2D eigenvalue weighted by molar-refractivity contribution is -0.661. The van der Waals surface area contributed by atoms with Crippen LogP contribution in [0, 0.1) is 30.0 Å². The molecule has 1 aromatic heterocycles. The Morgan fingerprint density at radius 1 is 1.22 bits per heavy atom. The van der Waals surface area contributed by atoms with E-state index in [1.165, 1.54) is 11.1 Å². The van der Waals surface area contributed by atoms with Crippen molar-refractivity contribution in [3.8, 4) is 11.3 Å². The Labute approximate surface area is 144 Å². The summed E-state index contributed by atoms with van der Waals surface area (Å²) in [6.07, 6.45) is 2.23. The van der Waals surface area contributed by atoms with E-state index in [0.717, 1.165) is 16.8 Å². The highest BCUT2D eigenvalue weighted by Crippen LogP contribution is 3.26. The van der Waals surface area contributed by atoms with E-state index in [0.29, 0.717) is 11.0 Å². The Bertz CT molecular complexity index is 1120. The molecule has 4 aliphatic carbocycles. The summed E-state index contributed by atoms with van der Waals surface area (Å²) in [6.45, 7) is 6.91. The topological polar surface area (TPSA) is 3.88 Å². The van der Waals surface area contributed by atoms with E-state index in [1.807, 2.05) is 13.0 Å². The molecule has 0 saturated heterocycles. The van der Waals surface area contributed by atoms with Gasteiger partial charge in [-0.05, 0) is 47.7 Å². The number of fused-ring (bicyclic) bond motifs is 6. The third kappa shape index (κ3) is 0.806. The molecule has 0 bridgehead atoms. The monoisotopic (exact) mass is 306 g/mol. The summed E-state index contributed by atoms with van der Waals surface area (Å²) in [5.74, 6) is -0.436. The van der Waals surface area contributed by atoms with Gasteiger partial charge in [0.25, 0.3) is 0 Å². The quantitative estimate of drug-likeness (QED) is 0.696. The second kappa shape index (κ2) is 2.90. The molecular formula is C22H24N+. The van der Waals surface area contributed by atoms with Crippen molar-refractivity contribution in [3.05, 3.63) is 52.7 Å². The van der Waals surface area contributed by atoms with Crippen molar-refractivity contribution in [1.29, 1.82) is 0 Å². The van der Waals surface area contributed by atoms with Gasteiger partial charge < -0.3 is 0 Å². The zero-order valence-corrected chi connectivity index (χ0v) is 14.3. The van der Waals surface area contributed by atoms with Crippen LogP contribution in [0.25, 0.3) is 11.3 Å². The second-order valence-electron chi connectivity index (χ2n) is 8.63. The Morgan fingerprint density at radius 2 is 2.00 bits per heavy atom. The molecule has 2 aromatic rings. The van der Waals surface area contributed by atoms with Gasteiger partial charge in [-0.1, -0.05) is 38.5 Å². The van der Waals surface area contributed by atoms with Crippen molar-refractivity contribution in [2.75, 3.05) is 0 Å². The third-order valence-electron chi connectivity index (χ3n) is 8.52. The first kappa shape index (κ1) is 9.61. The second-order valence-corrected chi connectivity index (χ2v) is 8.63. The van der Waals surface area contributed by atoms with Gasteiger partial charge >= 0.3 is 0 Å². The van der Waals surface area contributed by atoms with Gasteiger partial charge in [0.1, 0.15) is 7.05 Å². The van der Waals surface area contributed by atoms with E-state index in [2.05, 4.69) is 44.6 Å². The summed E-state index contributed by atoms with van der Waals surface area (Å²) in [5.41, 5.74) is 6.77. The van der Waals surface area contributed by atoms with Crippen molar-refractivity contribution in [2.45, 2.75) is 45.9 Å². The van der Waals surface area contributed by atoms with Gasteiger partial charge in [0.15, 0.2) is 6.20 Å². The highest BCUT2D eigenvalue weighted by molar-refractivity contribution is 5.85. The van der Waals surface area contributed by atoms with Crippen LogP contribution in [0.5, 0.6) is 0 Å². The molecule has 1 aromatic carbocycles. The molecule has 4 aliphatic rings. The van der Waals surface area contributed by atoms with Crippen molar-refractivity contribution in [3.63, 3.8) is 0 Å². The molecule has 5 atom stereocenters. The predicted octanol–water partition coefficient (Wildman–Crippen LogP) is 4.19. The van der Waals surface area contributed by atoms with E-state index < -0.39 is 12.7 Å². The van der Waals surface area contributed by atoms with Crippen molar-refractivity contribution >= 4 is 0 Å². The smallest absolute Gasteiger partial charge is 0.201 e. The van der Waals surface area contributed by atoms with E-state index in [-0.39, 0.29) is 16.2 Å². The van der Waals surface area contributed by atoms with Crippen LogP contribution in [0.15, 0.2) is 30.5 Å². The maximum Gasteiger partial charge on any atom is 0.212 e. The summed E-state index contributed by atoms with van der Waals surface area (Å²) in [6, 6.07) is 7.62. The van der Waals surface area contributed by atoms with E-state index in [9.17, 15) is 1.37 Å². The van der Waals surface area contributed by atoms with Crippen LogP contribution in [-0.4, -0.2) is 0 Å². The number of hydrogen-bond donors (Lipinski definition) is 0. The molecule has 116 valence electrons. The van der Waals surface area contributed by atoms with E-state index in [1.54, 1.807) is 12.1 Å². The minimum atomic E-state index is -2.09. The SMILES string of the molecule is [2H]C([2H])([2H])c1ccc(-c2cc3c(c[n+]2C)C2(C)C4(C)C5(C)C3([2H])C254)c(C)c1. The molecule has 0 radical (unpaired) electrons. The van der Waals surface area contributed by atoms with Crippen LogP contribution in [0.1, 0.15) is 54.4 Å². The molecule has 6 rings (SSSR count). The summed E-state index contributed by atoms with van der Waals surface area (Å²) in [5, 5.41) is 0. The van der Waals surface area contributed by atoms with Gasteiger partial charge in [-0.15, -0.1) is 0 Å². The van der Waals surface area contributed by atoms with Gasteiger partial charge in [-0.25, -0.2) is 4.57 Å². The highest BCUT2D eigenvalue weighted by Gasteiger charge is 3.24. The molecular weight excluding hydrogens is 278 g/mol. The van der Waals surface area contributed by atoms with Gasteiger partial charge in [-0.3, -0.25) is 0 Å². The average Bonchev–Trinajstić information content (AvgIpc) is 3.38. The minimum absolute atomic E-state index is 0.145. The largest absolute Gasteiger partial charge is 0.212 e. The standard InChI is InChI=1S/C22H24N/c1-12-7-8-14(13(2)9-12)17-10-15-16(11-23(17)6)19(3)21(5)20(4)18(15)22(19,20)21/h7-11,18H,1-6H3/q+1/i1D3,18D. The van der Waals surface area contributed by atoms with Crippen molar-refractivity contribution in [2.24, 2.45) is 23.3 Å². The molecule has 1 heteroatoms. The number of aryl methyl sites for hydroxylation is 3. The van der Waals surface area contributed by atoms with Crippen molar-refractivity contribution < 1.29 is 10.1 Å². The fraction of sp³-hybridized carbons (Fsp3) is 0.500. The summed E-state index contributed by atoms with van der Waals surface area (Å²) in [7, 11) is 2.06. The van der Waals surface area contributed by atoms with E-state index >= 15 is 0 Å². The van der Waals surface area contributed by atoms with E-state index in [4.69, 9.17) is 4.11 Å². The molecule has 0 aliphatic heterocycles. The first-order valence-corrected chi connectivity index (χ1v) is 8.53. The van der Waals surface area contributed by atoms with Gasteiger partial charge in [0, 0.05) is 33.5 Å². The summed E-state index contributed by atoms with van der Waals surface area (Å²) in [4.78, 5) is 0. The molecule has 3 fully saturated rings. The van der Waals surface area contributed by atoms with Crippen LogP contribution >= 0.6 is 0 Å². The fourth-order valence-electron chi connectivity index (χ4n) is 7.38. The zero-order valence-electron chi connectivity index (χ0n) is 18.3.